The average Bonchev–Trinajstić information content (AvgIpc) is 2.60. The first-order valence-corrected chi connectivity index (χ1v) is 9.38. The van der Waals surface area contributed by atoms with Crippen molar-refractivity contribution in [2.24, 2.45) is 0 Å². The van der Waals surface area contributed by atoms with Gasteiger partial charge in [-0.25, -0.2) is 4.79 Å². The van der Waals surface area contributed by atoms with Crippen LogP contribution in [0, 0.1) is 13.8 Å². The predicted molar refractivity (Wildman–Crippen MR) is 111 cm³/mol. The number of carbonyl (C=O) groups excluding carboxylic acids is 1. The van der Waals surface area contributed by atoms with Gasteiger partial charge in [-0.3, -0.25) is 0 Å². The Morgan fingerprint density at radius 3 is 2.50 bits per heavy atom. The molecule has 0 saturated carbocycles. The summed E-state index contributed by atoms with van der Waals surface area (Å²) in [5.41, 5.74) is 5.60. The molecule has 0 aromatic heterocycles. The molecule has 0 aliphatic heterocycles. The van der Waals surface area contributed by atoms with Gasteiger partial charge in [-0.05, 0) is 55.5 Å². The van der Waals surface area contributed by atoms with Gasteiger partial charge in [0.1, 0.15) is 0 Å². The molecule has 2 amide bonds. The Hall–Kier alpha value is -2.49. The van der Waals surface area contributed by atoms with Crippen LogP contribution in [0.2, 0.25) is 0 Å². The lowest BCUT2D eigenvalue weighted by Gasteiger charge is -2.24. The molecule has 4 nitrogen and oxygen atoms in total. The Morgan fingerprint density at radius 1 is 1.12 bits per heavy atom. The largest absolute Gasteiger partial charge is 0.370 e. The van der Waals surface area contributed by atoms with Crippen molar-refractivity contribution in [2.75, 3.05) is 29.9 Å². The molecule has 0 fully saturated rings. The fourth-order valence-electron chi connectivity index (χ4n) is 3.10. The van der Waals surface area contributed by atoms with Crippen LogP contribution in [0.25, 0.3) is 0 Å². The molecule has 0 saturated heterocycles. The van der Waals surface area contributed by atoms with E-state index >= 15 is 0 Å². The maximum absolute atomic E-state index is 12.4. The maximum atomic E-state index is 12.4. The normalized spacial score (nSPS) is 10.7. The molecule has 140 valence electrons. The Balaban J connectivity index is 1.93. The van der Waals surface area contributed by atoms with Crippen molar-refractivity contribution >= 4 is 17.4 Å². The standard InChI is InChI=1S/C22H31N3O/c1-6-25(19-11-7-9-17(4)15-19)14-13-23-22(26)24-21-18(5)10-8-12-20(21)16(2)3/h7-12,15-16H,6,13-14H2,1-5H3,(H2,23,24,26). The van der Waals surface area contributed by atoms with E-state index in [4.69, 9.17) is 0 Å². The zero-order chi connectivity index (χ0) is 19.1. The van der Waals surface area contributed by atoms with Crippen LogP contribution in [-0.2, 0) is 0 Å². The van der Waals surface area contributed by atoms with E-state index in [9.17, 15) is 4.79 Å². The summed E-state index contributed by atoms with van der Waals surface area (Å²) in [6.07, 6.45) is 0. The number of likely N-dealkylation sites (N-methyl/N-ethyl adjacent to an activating group) is 1. The first-order valence-electron chi connectivity index (χ1n) is 9.38. The molecule has 2 aromatic rings. The highest BCUT2D eigenvalue weighted by Crippen LogP contribution is 2.27. The second kappa shape index (κ2) is 9.27. The molecular weight excluding hydrogens is 322 g/mol. The van der Waals surface area contributed by atoms with Crippen LogP contribution in [0.5, 0.6) is 0 Å². The van der Waals surface area contributed by atoms with Gasteiger partial charge in [-0.1, -0.05) is 44.2 Å². The molecule has 0 atom stereocenters. The first kappa shape index (κ1) is 19.8. The van der Waals surface area contributed by atoms with Crippen molar-refractivity contribution in [1.29, 1.82) is 0 Å². The highest BCUT2D eigenvalue weighted by atomic mass is 16.2. The van der Waals surface area contributed by atoms with E-state index in [1.807, 2.05) is 19.1 Å². The van der Waals surface area contributed by atoms with Crippen LogP contribution in [-0.4, -0.2) is 25.7 Å². The molecule has 0 aliphatic rings. The van der Waals surface area contributed by atoms with E-state index in [0.29, 0.717) is 12.5 Å². The molecule has 0 spiro atoms. The number of urea groups is 1. The summed E-state index contributed by atoms with van der Waals surface area (Å²) < 4.78 is 0. The number of aryl methyl sites for hydroxylation is 2. The summed E-state index contributed by atoms with van der Waals surface area (Å²) in [7, 11) is 0. The van der Waals surface area contributed by atoms with E-state index in [1.165, 1.54) is 11.3 Å². The van der Waals surface area contributed by atoms with Crippen LogP contribution in [0.15, 0.2) is 42.5 Å². The predicted octanol–water partition coefficient (Wildman–Crippen LogP) is 5.07. The zero-order valence-corrected chi connectivity index (χ0v) is 16.6. The Labute approximate surface area is 157 Å². The summed E-state index contributed by atoms with van der Waals surface area (Å²) in [4.78, 5) is 14.6. The summed E-state index contributed by atoms with van der Waals surface area (Å²) in [6, 6.07) is 14.4. The molecular formula is C22H31N3O. The minimum absolute atomic E-state index is 0.151. The molecule has 26 heavy (non-hydrogen) atoms. The lowest BCUT2D eigenvalue weighted by Crippen LogP contribution is -2.37. The van der Waals surface area contributed by atoms with Crippen molar-refractivity contribution in [1.82, 2.24) is 5.32 Å². The second-order valence-electron chi connectivity index (χ2n) is 6.99. The summed E-state index contributed by atoms with van der Waals surface area (Å²) in [6.45, 7) is 12.8. The quantitative estimate of drug-likeness (QED) is 0.729. The summed E-state index contributed by atoms with van der Waals surface area (Å²) in [5, 5.41) is 6.01. The highest BCUT2D eigenvalue weighted by Gasteiger charge is 2.12. The SMILES string of the molecule is CCN(CCNC(=O)Nc1c(C)cccc1C(C)C)c1cccc(C)c1. The third-order valence-electron chi connectivity index (χ3n) is 4.58. The number of carbonyl (C=O) groups is 1. The van der Waals surface area contributed by atoms with Gasteiger partial charge in [0.05, 0.1) is 0 Å². The molecule has 0 aliphatic carbocycles. The molecule has 0 radical (unpaired) electrons. The lowest BCUT2D eigenvalue weighted by atomic mass is 9.98. The van der Waals surface area contributed by atoms with Crippen molar-refractivity contribution in [3.8, 4) is 0 Å². The van der Waals surface area contributed by atoms with E-state index < -0.39 is 0 Å². The van der Waals surface area contributed by atoms with E-state index in [-0.39, 0.29) is 6.03 Å². The molecule has 2 N–H and O–H groups in total. The van der Waals surface area contributed by atoms with Crippen LogP contribution in [0.1, 0.15) is 43.4 Å². The average molecular weight is 354 g/mol. The fraction of sp³-hybridized carbons (Fsp3) is 0.409. The Morgan fingerprint density at radius 2 is 1.85 bits per heavy atom. The van der Waals surface area contributed by atoms with Crippen LogP contribution >= 0.6 is 0 Å². The van der Waals surface area contributed by atoms with Gasteiger partial charge in [0, 0.05) is 31.0 Å². The minimum atomic E-state index is -0.151. The number of hydrogen-bond acceptors (Lipinski definition) is 2. The third kappa shape index (κ3) is 5.25. The van der Waals surface area contributed by atoms with Crippen molar-refractivity contribution in [2.45, 2.75) is 40.5 Å². The number of amides is 2. The number of rotatable bonds is 7. The van der Waals surface area contributed by atoms with Gasteiger partial charge >= 0.3 is 6.03 Å². The number of hydrogen-bond donors (Lipinski definition) is 2. The van der Waals surface area contributed by atoms with E-state index in [1.54, 1.807) is 0 Å². The molecule has 0 heterocycles. The monoisotopic (exact) mass is 353 g/mol. The third-order valence-corrected chi connectivity index (χ3v) is 4.58. The smallest absolute Gasteiger partial charge is 0.319 e. The van der Waals surface area contributed by atoms with Gasteiger partial charge in [0.15, 0.2) is 0 Å². The number of para-hydroxylation sites is 1. The summed E-state index contributed by atoms with van der Waals surface area (Å²) >= 11 is 0. The van der Waals surface area contributed by atoms with Gasteiger partial charge in [0.25, 0.3) is 0 Å². The van der Waals surface area contributed by atoms with Crippen molar-refractivity contribution < 1.29 is 4.79 Å². The topological polar surface area (TPSA) is 44.4 Å². The Kier molecular flexibility index (Phi) is 7.07. The molecule has 0 unspecified atom stereocenters. The van der Waals surface area contributed by atoms with Crippen molar-refractivity contribution in [3.05, 3.63) is 59.2 Å². The second-order valence-corrected chi connectivity index (χ2v) is 6.99. The van der Waals surface area contributed by atoms with Gasteiger partial charge in [0.2, 0.25) is 0 Å². The van der Waals surface area contributed by atoms with Crippen molar-refractivity contribution in [3.63, 3.8) is 0 Å². The van der Waals surface area contributed by atoms with E-state index in [2.05, 4.69) is 73.6 Å². The number of anilines is 2. The van der Waals surface area contributed by atoms with E-state index in [0.717, 1.165) is 29.9 Å². The first-order chi connectivity index (χ1) is 12.4. The molecule has 2 aromatic carbocycles. The number of nitrogens with one attached hydrogen (secondary N) is 2. The van der Waals surface area contributed by atoms with Gasteiger partial charge < -0.3 is 15.5 Å². The maximum Gasteiger partial charge on any atom is 0.319 e. The molecule has 2 rings (SSSR count). The minimum Gasteiger partial charge on any atom is -0.370 e. The fourth-order valence-corrected chi connectivity index (χ4v) is 3.10. The van der Waals surface area contributed by atoms with Crippen LogP contribution < -0.4 is 15.5 Å². The van der Waals surface area contributed by atoms with Crippen LogP contribution in [0.3, 0.4) is 0 Å². The Bertz CT molecular complexity index is 740. The lowest BCUT2D eigenvalue weighted by molar-refractivity contribution is 0.252. The number of benzene rings is 2. The molecule has 4 heteroatoms. The van der Waals surface area contributed by atoms with Crippen LogP contribution in [0.4, 0.5) is 16.2 Å². The van der Waals surface area contributed by atoms with Gasteiger partial charge in [-0.15, -0.1) is 0 Å². The number of nitrogens with zero attached hydrogens (tertiary/aromatic N) is 1. The zero-order valence-electron chi connectivity index (χ0n) is 16.6. The molecule has 0 bridgehead atoms. The summed E-state index contributed by atoms with van der Waals surface area (Å²) in [5.74, 6) is 0.363. The highest BCUT2D eigenvalue weighted by molar-refractivity contribution is 5.91. The van der Waals surface area contributed by atoms with Gasteiger partial charge in [-0.2, -0.15) is 0 Å².